The number of imide groups is 1. The van der Waals surface area contributed by atoms with E-state index in [9.17, 15) is 28.1 Å². The van der Waals surface area contributed by atoms with Gasteiger partial charge in [0.05, 0.1) is 23.5 Å². The third-order valence-corrected chi connectivity index (χ3v) is 7.55. The number of nitro benzene ring substituents is 1. The lowest BCUT2D eigenvalue weighted by atomic mass is 10.1. The molecule has 0 spiro atoms. The van der Waals surface area contributed by atoms with Crippen LogP contribution in [-0.2, 0) is 21.5 Å². The van der Waals surface area contributed by atoms with Gasteiger partial charge < -0.3 is 8.92 Å². The molecule has 2 amide bonds. The maximum atomic E-state index is 12.8. The lowest BCUT2D eigenvalue weighted by molar-refractivity contribution is -0.385. The molecule has 0 bridgehead atoms. The standard InChI is InChI=1S/C25H20N2O8S2/c1-16-8-10-19(14-20(16)27(30)31)37(32,33)35-21-11-9-18(12-22(21)34-2)13-23-24(28)26(25(29)36-23)15-17-6-4-3-5-7-17/h3-14H,15H2,1-2H3/b23-13-. The van der Waals surface area contributed by atoms with Gasteiger partial charge in [0.25, 0.3) is 16.8 Å². The van der Waals surface area contributed by atoms with Crippen LogP contribution in [0.1, 0.15) is 16.7 Å². The zero-order chi connectivity index (χ0) is 26.7. The quantitative estimate of drug-likeness (QED) is 0.169. The zero-order valence-corrected chi connectivity index (χ0v) is 21.2. The minimum Gasteiger partial charge on any atom is -0.493 e. The number of nitrogens with zero attached hydrogens (tertiary/aromatic N) is 2. The lowest BCUT2D eigenvalue weighted by Gasteiger charge is -2.12. The van der Waals surface area contributed by atoms with Gasteiger partial charge in [-0.25, -0.2) is 0 Å². The summed E-state index contributed by atoms with van der Waals surface area (Å²) in [6, 6.07) is 16.9. The number of carbonyl (C=O) groups is 2. The van der Waals surface area contributed by atoms with E-state index in [1.54, 1.807) is 0 Å². The van der Waals surface area contributed by atoms with Gasteiger partial charge in [0.15, 0.2) is 11.5 Å². The van der Waals surface area contributed by atoms with E-state index in [0.29, 0.717) is 11.1 Å². The third-order valence-electron chi connectivity index (χ3n) is 5.41. The fourth-order valence-electron chi connectivity index (χ4n) is 3.50. The van der Waals surface area contributed by atoms with Crippen LogP contribution in [0.3, 0.4) is 0 Å². The van der Waals surface area contributed by atoms with Crippen LogP contribution >= 0.6 is 11.8 Å². The Kier molecular flexibility index (Phi) is 7.32. The summed E-state index contributed by atoms with van der Waals surface area (Å²) in [6.45, 7) is 1.64. The summed E-state index contributed by atoms with van der Waals surface area (Å²) in [4.78, 5) is 36.7. The molecule has 0 N–H and O–H groups in total. The van der Waals surface area contributed by atoms with Gasteiger partial charge in [-0.3, -0.25) is 24.6 Å². The fourth-order valence-corrected chi connectivity index (χ4v) is 5.30. The molecular formula is C25H20N2O8S2. The number of ether oxygens (including phenoxy) is 1. The van der Waals surface area contributed by atoms with Gasteiger partial charge in [0.2, 0.25) is 0 Å². The number of benzene rings is 3. The molecule has 10 nitrogen and oxygen atoms in total. The number of methoxy groups -OCH3 is 1. The molecule has 4 rings (SSSR count). The Morgan fingerprint density at radius 1 is 1.03 bits per heavy atom. The summed E-state index contributed by atoms with van der Waals surface area (Å²) in [7, 11) is -3.11. The van der Waals surface area contributed by atoms with Gasteiger partial charge in [-0.2, -0.15) is 8.42 Å². The highest BCUT2D eigenvalue weighted by atomic mass is 32.2. The van der Waals surface area contributed by atoms with Gasteiger partial charge in [0.1, 0.15) is 4.90 Å². The van der Waals surface area contributed by atoms with Crippen molar-refractivity contribution in [3.63, 3.8) is 0 Å². The van der Waals surface area contributed by atoms with Gasteiger partial charge in [-0.1, -0.05) is 42.5 Å². The van der Waals surface area contributed by atoms with Crippen molar-refractivity contribution < 1.29 is 31.9 Å². The highest BCUT2D eigenvalue weighted by Gasteiger charge is 2.35. The molecule has 1 heterocycles. The van der Waals surface area contributed by atoms with Gasteiger partial charge in [-0.15, -0.1) is 0 Å². The van der Waals surface area contributed by atoms with Crippen LogP contribution in [0.5, 0.6) is 11.5 Å². The number of hydrogen-bond acceptors (Lipinski definition) is 9. The summed E-state index contributed by atoms with van der Waals surface area (Å²) >= 11 is 0.801. The smallest absolute Gasteiger partial charge is 0.339 e. The van der Waals surface area contributed by atoms with E-state index >= 15 is 0 Å². The van der Waals surface area contributed by atoms with Gasteiger partial charge >= 0.3 is 10.1 Å². The Bertz CT molecular complexity index is 1540. The molecule has 0 atom stereocenters. The number of nitro groups is 1. The first-order chi connectivity index (χ1) is 17.6. The van der Waals surface area contributed by atoms with Crippen molar-refractivity contribution in [3.05, 3.63) is 98.4 Å². The molecule has 0 saturated carbocycles. The van der Waals surface area contributed by atoms with Gasteiger partial charge in [-0.05, 0) is 54.1 Å². The maximum absolute atomic E-state index is 12.8. The molecular weight excluding hydrogens is 520 g/mol. The maximum Gasteiger partial charge on any atom is 0.339 e. The van der Waals surface area contributed by atoms with Crippen LogP contribution in [0, 0.1) is 17.0 Å². The number of hydrogen-bond donors (Lipinski definition) is 0. The molecule has 1 aliphatic heterocycles. The summed E-state index contributed by atoms with van der Waals surface area (Å²) in [5.74, 6) is -0.552. The predicted octanol–water partition coefficient (Wildman–Crippen LogP) is 4.92. The Hall–Kier alpha value is -4.16. The summed E-state index contributed by atoms with van der Waals surface area (Å²) in [5.41, 5.74) is 1.24. The van der Waals surface area contributed by atoms with Crippen molar-refractivity contribution >= 4 is 44.8 Å². The first kappa shape index (κ1) is 25.9. The minimum atomic E-state index is -4.42. The van der Waals surface area contributed by atoms with E-state index in [2.05, 4.69) is 0 Å². The topological polar surface area (TPSA) is 133 Å². The van der Waals surface area contributed by atoms with E-state index in [0.717, 1.165) is 28.3 Å². The number of carbonyl (C=O) groups excluding carboxylic acids is 2. The average molecular weight is 541 g/mol. The van der Waals surface area contributed by atoms with E-state index in [1.165, 1.54) is 50.4 Å². The molecule has 0 radical (unpaired) electrons. The molecule has 3 aromatic rings. The largest absolute Gasteiger partial charge is 0.493 e. The summed E-state index contributed by atoms with van der Waals surface area (Å²) in [5, 5.41) is 10.8. The van der Waals surface area contributed by atoms with Crippen LogP contribution in [0.4, 0.5) is 10.5 Å². The second-order valence-corrected chi connectivity index (χ2v) is 10.4. The Labute approximate surface area is 216 Å². The highest BCUT2D eigenvalue weighted by molar-refractivity contribution is 8.18. The van der Waals surface area contributed by atoms with E-state index in [4.69, 9.17) is 8.92 Å². The van der Waals surface area contributed by atoms with Crippen molar-refractivity contribution in [2.75, 3.05) is 7.11 Å². The predicted molar refractivity (Wildman–Crippen MR) is 137 cm³/mol. The SMILES string of the molecule is COc1cc(/C=C2\SC(=O)N(Cc3ccccc3)C2=O)ccc1OS(=O)(=O)c1ccc(C)c([N+](=O)[O-])c1. The fraction of sp³-hybridized carbons (Fsp3) is 0.120. The van der Waals surface area contributed by atoms with Crippen LogP contribution < -0.4 is 8.92 Å². The van der Waals surface area contributed by atoms with Crippen LogP contribution in [0.15, 0.2) is 76.5 Å². The number of thioether (sulfide) groups is 1. The first-order valence-electron chi connectivity index (χ1n) is 10.8. The van der Waals surface area contributed by atoms with Crippen molar-refractivity contribution in [3.8, 4) is 11.5 Å². The third kappa shape index (κ3) is 5.65. The monoisotopic (exact) mass is 540 g/mol. The molecule has 0 aliphatic carbocycles. The molecule has 0 aromatic heterocycles. The number of rotatable bonds is 8. The second kappa shape index (κ2) is 10.4. The number of amides is 2. The van der Waals surface area contributed by atoms with Gasteiger partial charge in [0, 0.05) is 11.6 Å². The summed E-state index contributed by atoms with van der Waals surface area (Å²) < 4.78 is 36.0. The molecule has 12 heteroatoms. The zero-order valence-electron chi connectivity index (χ0n) is 19.6. The first-order valence-corrected chi connectivity index (χ1v) is 13.0. The van der Waals surface area contributed by atoms with Crippen molar-refractivity contribution in [2.45, 2.75) is 18.4 Å². The molecule has 1 fully saturated rings. The molecule has 1 aliphatic rings. The lowest BCUT2D eigenvalue weighted by Crippen LogP contribution is -2.27. The summed E-state index contributed by atoms with van der Waals surface area (Å²) in [6.07, 6.45) is 1.50. The van der Waals surface area contributed by atoms with E-state index < -0.39 is 26.2 Å². The Balaban J connectivity index is 1.57. The van der Waals surface area contributed by atoms with E-state index in [-0.39, 0.29) is 33.5 Å². The molecule has 0 unspecified atom stereocenters. The van der Waals surface area contributed by atoms with Crippen LogP contribution in [-0.4, -0.2) is 36.5 Å². The van der Waals surface area contributed by atoms with Crippen molar-refractivity contribution in [1.29, 1.82) is 0 Å². The minimum absolute atomic E-state index is 0.0439. The molecule has 190 valence electrons. The molecule has 1 saturated heterocycles. The second-order valence-electron chi connectivity index (χ2n) is 7.91. The van der Waals surface area contributed by atoms with Crippen LogP contribution in [0.25, 0.3) is 6.08 Å². The Morgan fingerprint density at radius 3 is 2.43 bits per heavy atom. The average Bonchev–Trinajstić information content (AvgIpc) is 3.12. The Morgan fingerprint density at radius 2 is 1.76 bits per heavy atom. The van der Waals surface area contributed by atoms with E-state index in [1.807, 2.05) is 30.3 Å². The van der Waals surface area contributed by atoms with Crippen molar-refractivity contribution in [2.24, 2.45) is 0 Å². The number of aryl methyl sites for hydroxylation is 1. The highest BCUT2D eigenvalue weighted by Crippen LogP contribution is 2.36. The normalized spacial score (nSPS) is 14.8. The molecule has 37 heavy (non-hydrogen) atoms. The molecule has 3 aromatic carbocycles. The van der Waals surface area contributed by atoms with Crippen LogP contribution in [0.2, 0.25) is 0 Å². The van der Waals surface area contributed by atoms with Crippen molar-refractivity contribution in [1.82, 2.24) is 4.90 Å².